The highest BCUT2D eigenvalue weighted by molar-refractivity contribution is 5.48. The summed E-state index contributed by atoms with van der Waals surface area (Å²) >= 11 is 0. The summed E-state index contributed by atoms with van der Waals surface area (Å²) in [6.45, 7) is 1.64. The number of rotatable bonds is 0. The number of hydrogen-bond donors (Lipinski definition) is 4. The highest BCUT2D eigenvalue weighted by Crippen LogP contribution is 2.53. The number of fused-ring (bicyclic) bond motifs is 3. The van der Waals surface area contributed by atoms with Crippen molar-refractivity contribution in [1.29, 1.82) is 0 Å². The lowest BCUT2D eigenvalue weighted by Gasteiger charge is -2.40. The van der Waals surface area contributed by atoms with Crippen LogP contribution in [0.15, 0.2) is 35.9 Å². The SMILES string of the molecule is CC1=C[C@@]2(O)[C@H](O)c3ccccc3[C@H]2[C@H](O)[C@H]1O. The second-order valence-electron chi connectivity index (χ2n) is 5.22. The molecule has 4 nitrogen and oxygen atoms in total. The Labute approximate surface area is 105 Å². The molecular weight excluding hydrogens is 232 g/mol. The van der Waals surface area contributed by atoms with Crippen molar-refractivity contribution in [1.82, 2.24) is 0 Å². The van der Waals surface area contributed by atoms with Crippen molar-refractivity contribution >= 4 is 0 Å². The van der Waals surface area contributed by atoms with Gasteiger partial charge in [-0.25, -0.2) is 0 Å². The summed E-state index contributed by atoms with van der Waals surface area (Å²) in [6.07, 6.45) is -1.72. The lowest BCUT2D eigenvalue weighted by atomic mass is 9.74. The minimum absolute atomic E-state index is 0.480. The number of hydrogen-bond acceptors (Lipinski definition) is 4. The standard InChI is InChI=1S/C14H16O4/c1-7-6-14(18)10(12(16)11(7)15)8-4-2-3-5-9(8)13(14)17/h2-6,10-13,15-18H,1H3/t10-,11-,12-,13+,14-/m0/s1. The van der Waals surface area contributed by atoms with E-state index in [0.717, 1.165) is 0 Å². The molecule has 1 aromatic carbocycles. The highest BCUT2D eigenvalue weighted by atomic mass is 16.4. The summed E-state index contributed by atoms with van der Waals surface area (Å²) in [5.74, 6) is -0.692. The fraction of sp³-hybridized carbons (Fsp3) is 0.429. The van der Waals surface area contributed by atoms with Crippen molar-refractivity contribution in [3.8, 4) is 0 Å². The second-order valence-corrected chi connectivity index (χ2v) is 5.22. The fourth-order valence-electron chi connectivity index (χ4n) is 3.24. The maximum Gasteiger partial charge on any atom is 0.122 e. The minimum Gasteiger partial charge on any atom is -0.389 e. The maximum absolute atomic E-state index is 10.7. The molecule has 0 saturated carbocycles. The third kappa shape index (κ3) is 1.29. The molecule has 5 atom stereocenters. The maximum atomic E-state index is 10.7. The Kier molecular flexibility index (Phi) is 2.40. The van der Waals surface area contributed by atoms with Gasteiger partial charge in [-0.05, 0) is 29.7 Å². The molecule has 2 aliphatic rings. The Morgan fingerprint density at radius 1 is 1.06 bits per heavy atom. The molecule has 0 spiro atoms. The van der Waals surface area contributed by atoms with Crippen LogP contribution in [0.2, 0.25) is 0 Å². The molecular formula is C14H16O4. The smallest absolute Gasteiger partial charge is 0.122 e. The number of aliphatic hydroxyl groups excluding tert-OH is 3. The molecule has 0 aromatic heterocycles. The molecule has 96 valence electrons. The minimum atomic E-state index is -1.54. The van der Waals surface area contributed by atoms with E-state index in [9.17, 15) is 20.4 Å². The van der Waals surface area contributed by atoms with Crippen LogP contribution < -0.4 is 0 Å². The zero-order valence-corrected chi connectivity index (χ0v) is 9.99. The predicted molar refractivity (Wildman–Crippen MR) is 64.9 cm³/mol. The van der Waals surface area contributed by atoms with E-state index >= 15 is 0 Å². The molecule has 0 amide bonds. The average Bonchev–Trinajstić information content (AvgIpc) is 2.57. The van der Waals surface area contributed by atoms with Gasteiger partial charge < -0.3 is 20.4 Å². The van der Waals surface area contributed by atoms with Crippen LogP contribution in [-0.2, 0) is 0 Å². The van der Waals surface area contributed by atoms with E-state index in [4.69, 9.17) is 0 Å². The normalized spacial score (nSPS) is 42.2. The third-order valence-electron chi connectivity index (χ3n) is 4.15. The van der Waals surface area contributed by atoms with E-state index in [-0.39, 0.29) is 0 Å². The second kappa shape index (κ2) is 3.65. The van der Waals surface area contributed by atoms with Crippen LogP contribution in [-0.4, -0.2) is 38.2 Å². The van der Waals surface area contributed by atoms with Crippen molar-refractivity contribution in [2.24, 2.45) is 0 Å². The molecule has 0 aliphatic heterocycles. The van der Waals surface area contributed by atoms with Crippen molar-refractivity contribution in [2.75, 3.05) is 0 Å². The van der Waals surface area contributed by atoms with Gasteiger partial charge in [-0.15, -0.1) is 0 Å². The molecule has 0 radical (unpaired) electrons. The van der Waals surface area contributed by atoms with Crippen LogP contribution in [0, 0.1) is 0 Å². The van der Waals surface area contributed by atoms with E-state index in [2.05, 4.69) is 0 Å². The zero-order valence-electron chi connectivity index (χ0n) is 9.99. The lowest BCUT2D eigenvalue weighted by molar-refractivity contribution is -0.100. The van der Waals surface area contributed by atoms with Gasteiger partial charge in [-0.1, -0.05) is 24.3 Å². The largest absolute Gasteiger partial charge is 0.389 e. The van der Waals surface area contributed by atoms with Gasteiger partial charge in [-0.2, -0.15) is 0 Å². The van der Waals surface area contributed by atoms with E-state index in [1.54, 1.807) is 31.2 Å². The van der Waals surface area contributed by atoms with E-state index in [1.807, 2.05) is 0 Å². The van der Waals surface area contributed by atoms with Gasteiger partial charge in [0.25, 0.3) is 0 Å². The summed E-state index contributed by atoms with van der Waals surface area (Å²) in [5, 5.41) is 41.0. The molecule has 3 rings (SSSR count). The zero-order chi connectivity index (χ0) is 13.1. The summed E-state index contributed by atoms with van der Waals surface area (Å²) < 4.78 is 0. The first-order chi connectivity index (χ1) is 8.47. The van der Waals surface area contributed by atoms with Gasteiger partial charge in [0, 0.05) is 5.92 Å². The molecule has 0 saturated heterocycles. The van der Waals surface area contributed by atoms with Gasteiger partial charge in [0.1, 0.15) is 17.8 Å². The van der Waals surface area contributed by atoms with Crippen LogP contribution in [0.3, 0.4) is 0 Å². The van der Waals surface area contributed by atoms with Gasteiger partial charge in [0.15, 0.2) is 0 Å². The van der Waals surface area contributed by atoms with E-state index < -0.39 is 29.8 Å². The Bertz CT molecular complexity index is 524. The molecule has 4 N–H and O–H groups in total. The topological polar surface area (TPSA) is 80.9 Å². The molecule has 0 bridgehead atoms. The summed E-state index contributed by atoms with van der Waals surface area (Å²) in [5.41, 5.74) is 0.255. The molecule has 1 aromatic rings. The third-order valence-corrected chi connectivity index (χ3v) is 4.15. The molecule has 0 fully saturated rings. The number of benzene rings is 1. The van der Waals surface area contributed by atoms with Crippen LogP contribution in [0.4, 0.5) is 0 Å². The molecule has 0 unspecified atom stereocenters. The first kappa shape index (κ1) is 11.9. The van der Waals surface area contributed by atoms with Crippen molar-refractivity contribution in [3.05, 3.63) is 47.0 Å². The fourth-order valence-corrected chi connectivity index (χ4v) is 3.24. The Balaban J connectivity index is 2.23. The van der Waals surface area contributed by atoms with Crippen LogP contribution in [0.1, 0.15) is 30.1 Å². The lowest BCUT2D eigenvalue weighted by Crippen LogP contribution is -2.49. The van der Waals surface area contributed by atoms with Crippen LogP contribution in [0.25, 0.3) is 0 Å². The van der Waals surface area contributed by atoms with Gasteiger partial charge in [0.2, 0.25) is 0 Å². The molecule has 0 heterocycles. The van der Waals surface area contributed by atoms with E-state index in [0.29, 0.717) is 16.7 Å². The monoisotopic (exact) mass is 248 g/mol. The van der Waals surface area contributed by atoms with Gasteiger partial charge >= 0.3 is 0 Å². The molecule has 4 heteroatoms. The Morgan fingerprint density at radius 2 is 1.67 bits per heavy atom. The summed E-state index contributed by atoms with van der Waals surface area (Å²) in [7, 11) is 0. The van der Waals surface area contributed by atoms with E-state index in [1.165, 1.54) is 6.08 Å². The first-order valence-corrected chi connectivity index (χ1v) is 6.01. The average molecular weight is 248 g/mol. The molecule has 18 heavy (non-hydrogen) atoms. The van der Waals surface area contributed by atoms with Crippen molar-refractivity contribution in [3.63, 3.8) is 0 Å². The Morgan fingerprint density at radius 3 is 2.33 bits per heavy atom. The van der Waals surface area contributed by atoms with Crippen molar-refractivity contribution in [2.45, 2.75) is 36.8 Å². The van der Waals surface area contributed by atoms with Crippen molar-refractivity contribution < 1.29 is 20.4 Å². The van der Waals surface area contributed by atoms with Crippen LogP contribution in [0.5, 0.6) is 0 Å². The van der Waals surface area contributed by atoms with Gasteiger partial charge in [0.05, 0.1) is 6.10 Å². The van der Waals surface area contributed by atoms with Crippen LogP contribution >= 0.6 is 0 Å². The summed E-state index contributed by atoms with van der Waals surface area (Å²) in [4.78, 5) is 0. The highest BCUT2D eigenvalue weighted by Gasteiger charge is 2.56. The Hall–Kier alpha value is -1.20. The molecule has 2 aliphatic carbocycles. The van der Waals surface area contributed by atoms with Gasteiger partial charge in [-0.3, -0.25) is 0 Å². The first-order valence-electron chi connectivity index (χ1n) is 6.01. The summed E-state index contributed by atoms with van der Waals surface area (Å²) in [6, 6.07) is 7.08. The number of aliphatic hydroxyl groups is 4. The quantitative estimate of drug-likeness (QED) is 0.495. The predicted octanol–water partition coefficient (Wildman–Crippen LogP) is 0.230.